The number of fused-ring (bicyclic) bond motifs is 1. The number of aromatic nitrogens is 2. The lowest BCUT2D eigenvalue weighted by atomic mass is 10.0. The lowest BCUT2D eigenvalue weighted by molar-refractivity contribution is -0.137. The van der Waals surface area contributed by atoms with Crippen LogP contribution in [0.3, 0.4) is 0 Å². The number of pyridine rings is 2. The summed E-state index contributed by atoms with van der Waals surface area (Å²) in [5.41, 5.74) is 1.48. The molecule has 8 heteroatoms. The summed E-state index contributed by atoms with van der Waals surface area (Å²) in [6, 6.07) is 5.61. The van der Waals surface area contributed by atoms with E-state index in [1.807, 2.05) is 23.1 Å². The second kappa shape index (κ2) is 7.65. The quantitative estimate of drug-likeness (QED) is 0.674. The normalized spacial score (nSPS) is 19.7. The molecule has 0 spiro atoms. The third kappa shape index (κ3) is 4.26. The molecule has 0 aliphatic carbocycles. The molecule has 1 saturated heterocycles. The van der Waals surface area contributed by atoms with Crippen LogP contribution < -0.4 is 10.2 Å². The van der Waals surface area contributed by atoms with Crippen LogP contribution in [0.25, 0.3) is 11.0 Å². The van der Waals surface area contributed by atoms with Crippen molar-refractivity contribution in [1.29, 1.82) is 0 Å². The van der Waals surface area contributed by atoms with Crippen molar-refractivity contribution in [2.24, 2.45) is 0 Å². The summed E-state index contributed by atoms with van der Waals surface area (Å²) < 4.78 is 0. The molecule has 1 aliphatic rings. The standard InChI is InChI=1S/C18H22N4O4/c23-15(4-1-5-16(24)25)21-11-18(26)7-10-22(12-18)14-6-9-19-13-3-2-8-20-17(13)14/h2-3,6,8-9,26H,1,4-5,7,10-12H2,(H,21,23)(H,24,25)/t18-/m1/s1. The van der Waals surface area contributed by atoms with E-state index in [9.17, 15) is 14.7 Å². The number of nitrogens with zero attached hydrogens (tertiary/aromatic N) is 3. The van der Waals surface area contributed by atoms with Gasteiger partial charge in [0.25, 0.3) is 0 Å². The van der Waals surface area contributed by atoms with Crippen LogP contribution in [0, 0.1) is 0 Å². The molecule has 1 amide bonds. The van der Waals surface area contributed by atoms with Gasteiger partial charge in [0.15, 0.2) is 0 Å². The fourth-order valence-corrected chi connectivity index (χ4v) is 3.18. The first-order valence-electron chi connectivity index (χ1n) is 8.62. The van der Waals surface area contributed by atoms with Crippen molar-refractivity contribution in [3.8, 4) is 0 Å². The van der Waals surface area contributed by atoms with Gasteiger partial charge in [0.05, 0.1) is 11.2 Å². The minimum Gasteiger partial charge on any atom is -0.481 e. The summed E-state index contributed by atoms with van der Waals surface area (Å²) >= 11 is 0. The van der Waals surface area contributed by atoms with E-state index < -0.39 is 11.6 Å². The summed E-state index contributed by atoms with van der Waals surface area (Å²) in [6.45, 7) is 1.19. The van der Waals surface area contributed by atoms with E-state index in [2.05, 4.69) is 15.3 Å². The Morgan fingerprint density at radius 3 is 2.88 bits per heavy atom. The molecule has 2 aromatic rings. The molecular weight excluding hydrogens is 336 g/mol. The lowest BCUT2D eigenvalue weighted by Crippen LogP contribution is -2.45. The predicted octanol–water partition coefficient (Wildman–Crippen LogP) is 0.942. The van der Waals surface area contributed by atoms with Crippen molar-refractivity contribution in [3.05, 3.63) is 30.6 Å². The van der Waals surface area contributed by atoms with Gasteiger partial charge in [-0.2, -0.15) is 0 Å². The Morgan fingerprint density at radius 1 is 1.23 bits per heavy atom. The van der Waals surface area contributed by atoms with Gasteiger partial charge in [0.1, 0.15) is 11.1 Å². The highest BCUT2D eigenvalue weighted by molar-refractivity contribution is 5.87. The van der Waals surface area contributed by atoms with E-state index in [0.29, 0.717) is 25.9 Å². The first-order valence-corrected chi connectivity index (χ1v) is 8.62. The van der Waals surface area contributed by atoms with Crippen molar-refractivity contribution in [2.75, 3.05) is 24.5 Å². The number of carboxylic acid groups (broad SMARTS) is 1. The van der Waals surface area contributed by atoms with Crippen LogP contribution in [0.15, 0.2) is 30.6 Å². The molecule has 0 saturated carbocycles. The Bertz CT molecular complexity index is 807. The van der Waals surface area contributed by atoms with E-state index in [1.54, 1.807) is 12.4 Å². The van der Waals surface area contributed by atoms with Crippen LogP contribution in [0.2, 0.25) is 0 Å². The summed E-state index contributed by atoms with van der Waals surface area (Å²) in [5, 5.41) is 22.1. The number of hydrogen-bond donors (Lipinski definition) is 3. The second-order valence-electron chi connectivity index (χ2n) is 6.62. The Labute approximate surface area is 150 Å². The SMILES string of the molecule is O=C(O)CCCC(=O)NC[C@]1(O)CCN(c2ccnc3cccnc23)C1. The maximum absolute atomic E-state index is 11.8. The Morgan fingerprint density at radius 2 is 2.08 bits per heavy atom. The number of anilines is 1. The predicted molar refractivity (Wildman–Crippen MR) is 95.8 cm³/mol. The largest absolute Gasteiger partial charge is 0.481 e. The fourth-order valence-electron chi connectivity index (χ4n) is 3.18. The van der Waals surface area contributed by atoms with Gasteiger partial charge < -0.3 is 20.4 Å². The van der Waals surface area contributed by atoms with Gasteiger partial charge in [-0.25, -0.2) is 0 Å². The topological polar surface area (TPSA) is 116 Å². The van der Waals surface area contributed by atoms with E-state index in [0.717, 1.165) is 16.7 Å². The van der Waals surface area contributed by atoms with Crippen LogP contribution in [-0.2, 0) is 9.59 Å². The third-order valence-corrected chi connectivity index (χ3v) is 4.56. The smallest absolute Gasteiger partial charge is 0.303 e. The van der Waals surface area contributed by atoms with Gasteiger partial charge in [-0.1, -0.05) is 0 Å². The van der Waals surface area contributed by atoms with Crippen molar-refractivity contribution in [3.63, 3.8) is 0 Å². The molecule has 0 radical (unpaired) electrons. The molecule has 138 valence electrons. The molecule has 1 atom stereocenters. The van der Waals surface area contributed by atoms with Crippen molar-refractivity contribution in [1.82, 2.24) is 15.3 Å². The zero-order chi connectivity index (χ0) is 18.6. The number of aliphatic hydroxyl groups is 1. The zero-order valence-corrected chi connectivity index (χ0v) is 14.4. The fraction of sp³-hybridized carbons (Fsp3) is 0.444. The summed E-state index contributed by atoms with van der Waals surface area (Å²) in [4.78, 5) is 33.0. The number of carbonyl (C=O) groups is 2. The molecule has 0 bridgehead atoms. The van der Waals surface area contributed by atoms with Crippen LogP contribution in [-0.4, -0.2) is 57.3 Å². The Hall–Kier alpha value is -2.74. The number of nitrogens with one attached hydrogen (secondary N) is 1. The first kappa shape index (κ1) is 18.1. The second-order valence-corrected chi connectivity index (χ2v) is 6.62. The number of hydrogen-bond acceptors (Lipinski definition) is 6. The molecule has 0 aromatic carbocycles. The Balaban J connectivity index is 1.58. The van der Waals surface area contributed by atoms with Gasteiger partial charge in [-0.3, -0.25) is 19.6 Å². The third-order valence-electron chi connectivity index (χ3n) is 4.56. The molecule has 8 nitrogen and oxygen atoms in total. The van der Waals surface area contributed by atoms with Crippen LogP contribution >= 0.6 is 0 Å². The molecule has 0 unspecified atom stereocenters. The molecule has 3 heterocycles. The number of rotatable bonds is 7. The average molecular weight is 358 g/mol. The lowest BCUT2D eigenvalue weighted by Gasteiger charge is -2.25. The van der Waals surface area contributed by atoms with Gasteiger partial charge >= 0.3 is 5.97 Å². The maximum Gasteiger partial charge on any atom is 0.303 e. The highest BCUT2D eigenvalue weighted by atomic mass is 16.4. The summed E-state index contributed by atoms with van der Waals surface area (Å²) in [6.07, 6.45) is 4.37. The van der Waals surface area contributed by atoms with Crippen LogP contribution in [0.1, 0.15) is 25.7 Å². The van der Waals surface area contributed by atoms with Crippen LogP contribution in [0.4, 0.5) is 5.69 Å². The van der Waals surface area contributed by atoms with Gasteiger partial charge in [-0.05, 0) is 31.0 Å². The van der Waals surface area contributed by atoms with Gasteiger partial charge in [0, 0.05) is 44.9 Å². The molecule has 3 rings (SSSR count). The average Bonchev–Trinajstić information content (AvgIpc) is 3.02. The van der Waals surface area contributed by atoms with E-state index in [4.69, 9.17) is 5.11 Å². The van der Waals surface area contributed by atoms with Crippen molar-refractivity contribution in [2.45, 2.75) is 31.3 Å². The van der Waals surface area contributed by atoms with Gasteiger partial charge in [0.2, 0.25) is 5.91 Å². The Kier molecular flexibility index (Phi) is 5.32. The number of aliphatic carboxylic acids is 1. The van der Waals surface area contributed by atoms with E-state index >= 15 is 0 Å². The number of carbonyl (C=O) groups excluding carboxylic acids is 1. The minimum atomic E-state index is -1.02. The summed E-state index contributed by atoms with van der Waals surface area (Å²) in [7, 11) is 0. The minimum absolute atomic E-state index is 0.0341. The number of amides is 1. The molecule has 2 aromatic heterocycles. The maximum atomic E-state index is 11.8. The van der Waals surface area contributed by atoms with Gasteiger partial charge in [-0.15, -0.1) is 0 Å². The highest BCUT2D eigenvalue weighted by Gasteiger charge is 2.37. The number of β-amino-alcohol motifs (C(OH)–C–C–N with tert-alkyl or cyclic N) is 1. The first-order chi connectivity index (χ1) is 12.5. The van der Waals surface area contributed by atoms with Crippen molar-refractivity contribution < 1.29 is 19.8 Å². The number of carboxylic acids is 1. The monoisotopic (exact) mass is 358 g/mol. The van der Waals surface area contributed by atoms with Crippen molar-refractivity contribution >= 4 is 28.6 Å². The molecule has 26 heavy (non-hydrogen) atoms. The van der Waals surface area contributed by atoms with E-state index in [-0.39, 0.29) is 25.3 Å². The molecule has 1 aliphatic heterocycles. The summed E-state index contributed by atoms with van der Waals surface area (Å²) in [5.74, 6) is -1.16. The highest BCUT2D eigenvalue weighted by Crippen LogP contribution is 2.30. The molecular formula is C18H22N4O4. The van der Waals surface area contributed by atoms with Crippen LogP contribution in [0.5, 0.6) is 0 Å². The van der Waals surface area contributed by atoms with E-state index in [1.165, 1.54) is 0 Å². The zero-order valence-electron chi connectivity index (χ0n) is 14.4. The molecule has 1 fully saturated rings. The molecule has 3 N–H and O–H groups in total.